The molecular formula is C44H79ClF3N7. The molecule has 0 spiro atoms. The van der Waals surface area contributed by atoms with Crippen molar-refractivity contribution in [2.24, 2.45) is 23.5 Å². The molecule has 7 nitrogen and oxygen atoms in total. The molecule has 1 atom stereocenters. The largest absolute Gasteiger partial charge is 0.418 e. The van der Waals surface area contributed by atoms with Crippen LogP contribution in [0.3, 0.4) is 0 Å². The van der Waals surface area contributed by atoms with Gasteiger partial charge in [0.25, 0.3) is 0 Å². The highest BCUT2D eigenvalue weighted by atomic mass is 35.5. The molecule has 1 unspecified atom stereocenters. The number of nitrogens with one attached hydrogen (secondary N) is 4. The molecule has 1 aromatic heterocycles. The highest BCUT2D eigenvalue weighted by molar-refractivity contribution is 6.31. The maximum absolute atomic E-state index is 12.4. The number of nitrogens with zero attached hydrogens (tertiary/aromatic N) is 2. The van der Waals surface area contributed by atoms with E-state index in [4.69, 9.17) is 17.3 Å². The molecule has 6 N–H and O–H groups in total. The van der Waals surface area contributed by atoms with Crippen LogP contribution in [-0.4, -0.2) is 74.4 Å². The van der Waals surface area contributed by atoms with Crippen LogP contribution >= 0.6 is 11.6 Å². The van der Waals surface area contributed by atoms with Crippen LogP contribution in [-0.2, 0) is 6.54 Å². The zero-order chi connectivity index (χ0) is 41.1. The molecule has 3 fully saturated rings. The lowest BCUT2D eigenvalue weighted by Gasteiger charge is -2.35. The second-order valence-electron chi connectivity index (χ2n) is 15.8. The minimum Gasteiger partial charge on any atom is -0.397 e. The third-order valence-corrected chi connectivity index (χ3v) is 10.5. The van der Waals surface area contributed by atoms with E-state index in [0.717, 1.165) is 48.9 Å². The van der Waals surface area contributed by atoms with Crippen molar-refractivity contribution in [2.45, 2.75) is 137 Å². The highest BCUT2D eigenvalue weighted by Gasteiger charge is 2.35. The van der Waals surface area contributed by atoms with Crippen molar-refractivity contribution in [2.75, 3.05) is 58.8 Å². The number of allylic oxidation sites excluding steroid dienone is 5. The summed E-state index contributed by atoms with van der Waals surface area (Å²) in [7, 11) is 4.24. The number of anilines is 1. The normalized spacial score (nSPS) is 17.8. The van der Waals surface area contributed by atoms with Crippen molar-refractivity contribution in [3.05, 3.63) is 64.6 Å². The first-order valence-electron chi connectivity index (χ1n) is 21.2. The van der Waals surface area contributed by atoms with Gasteiger partial charge in [-0.15, -0.1) is 0 Å². The second-order valence-corrected chi connectivity index (χ2v) is 16.2. The molecule has 0 bridgehead atoms. The number of piperidine rings is 2. The maximum Gasteiger partial charge on any atom is 0.418 e. The summed E-state index contributed by atoms with van der Waals surface area (Å²) in [6.07, 6.45) is 19.9. The standard InChI is InChI=1S/C22H45N3.C10H15N3.C9H11ClF3N.C3H8/c1-20(2)9-7-10-21(22-12-17-24(3)18-13-22)11-8-14-23-19-25-15-5-4-6-16-25;1-11-7-9-4-5-12-10(9)13-6-8-2-3-8;1-3-5-6(9(11,12)13)8(14)7(10)4-2;1-3-2/h20-23H,4-19H2,1-3H3;4-6,11-13H,2-3,7H2,1H3;4-5H,2-3,14H2,1H3;3H2,1-2H3/b;;6-5+,8-7-;. The molecular weight excluding hydrogens is 719 g/mol. The van der Waals surface area contributed by atoms with E-state index in [9.17, 15) is 13.2 Å². The number of halogens is 4. The van der Waals surface area contributed by atoms with Crippen molar-refractivity contribution in [1.82, 2.24) is 25.4 Å². The van der Waals surface area contributed by atoms with Gasteiger partial charge < -0.3 is 31.6 Å². The van der Waals surface area contributed by atoms with Crippen LogP contribution < -0.4 is 21.7 Å². The van der Waals surface area contributed by atoms with Crippen LogP contribution in [0.5, 0.6) is 0 Å². The van der Waals surface area contributed by atoms with E-state index in [1.807, 2.05) is 13.2 Å². The first-order valence-corrected chi connectivity index (χ1v) is 21.6. The molecule has 2 aliphatic heterocycles. The van der Waals surface area contributed by atoms with Gasteiger partial charge in [0.15, 0.2) is 0 Å². The van der Waals surface area contributed by atoms with E-state index in [-0.39, 0.29) is 11.5 Å². The van der Waals surface area contributed by atoms with Crippen molar-refractivity contribution >= 4 is 17.4 Å². The number of aromatic nitrogens is 1. The van der Waals surface area contributed by atoms with Gasteiger partial charge in [-0.05, 0) is 135 Å². The Balaban J connectivity index is 0.000000428. The van der Waals surface area contributed by atoms with Crippen LogP contribution in [0.4, 0.5) is 19.0 Å². The fraction of sp³-hybridized carbons (Fsp3) is 0.727. The van der Waals surface area contributed by atoms with Gasteiger partial charge in [0.2, 0.25) is 0 Å². The average Bonchev–Trinajstić information content (AvgIpc) is 3.89. The number of H-pyrrole nitrogens is 1. The Kier molecular flexibility index (Phi) is 27.6. The second kappa shape index (κ2) is 29.9. The summed E-state index contributed by atoms with van der Waals surface area (Å²) in [6, 6.07) is 2.09. The number of aromatic amines is 1. The third-order valence-electron chi connectivity index (χ3n) is 10.1. The predicted molar refractivity (Wildman–Crippen MR) is 232 cm³/mol. The van der Waals surface area contributed by atoms with Gasteiger partial charge in [-0.3, -0.25) is 4.90 Å². The summed E-state index contributed by atoms with van der Waals surface area (Å²) in [4.78, 5) is 8.29. The van der Waals surface area contributed by atoms with Crippen molar-refractivity contribution in [3.63, 3.8) is 0 Å². The third kappa shape index (κ3) is 23.6. The monoisotopic (exact) mass is 798 g/mol. The van der Waals surface area contributed by atoms with E-state index in [1.165, 1.54) is 127 Å². The van der Waals surface area contributed by atoms with E-state index in [0.29, 0.717) is 0 Å². The van der Waals surface area contributed by atoms with E-state index < -0.39 is 17.4 Å². The topological polar surface area (TPSA) is 84.4 Å². The number of nitrogens with two attached hydrogens (primary N) is 1. The van der Waals surface area contributed by atoms with E-state index >= 15 is 0 Å². The lowest BCUT2D eigenvalue weighted by Crippen LogP contribution is -2.38. The minimum absolute atomic E-state index is 0.193. The fourth-order valence-corrected chi connectivity index (χ4v) is 6.94. The number of rotatable bonds is 18. The lowest BCUT2D eigenvalue weighted by molar-refractivity contribution is -0.0897. The molecule has 4 rings (SSSR count). The Morgan fingerprint density at radius 3 is 2.22 bits per heavy atom. The average molecular weight is 799 g/mol. The molecule has 0 radical (unpaired) electrons. The predicted octanol–water partition coefficient (Wildman–Crippen LogP) is 11.3. The molecule has 55 heavy (non-hydrogen) atoms. The Morgan fingerprint density at radius 2 is 1.67 bits per heavy atom. The van der Waals surface area contributed by atoms with Gasteiger partial charge in [0.1, 0.15) is 5.82 Å². The van der Waals surface area contributed by atoms with Gasteiger partial charge in [0, 0.05) is 31.2 Å². The number of hydrogen-bond acceptors (Lipinski definition) is 6. The van der Waals surface area contributed by atoms with E-state index in [1.54, 1.807) is 6.92 Å². The summed E-state index contributed by atoms with van der Waals surface area (Å²) in [5.41, 5.74) is 6.61. The van der Waals surface area contributed by atoms with Crippen LogP contribution in [0.2, 0.25) is 0 Å². The molecule has 3 aliphatic rings. The lowest BCUT2D eigenvalue weighted by atomic mass is 9.78. The Bertz CT molecular complexity index is 1220. The molecule has 2 saturated heterocycles. The molecule has 1 aromatic rings. The summed E-state index contributed by atoms with van der Waals surface area (Å²) in [5.74, 6) is 3.94. The summed E-state index contributed by atoms with van der Waals surface area (Å²) >= 11 is 5.45. The Morgan fingerprint density at radius 1 is 1.04 bits per heavy atom. The van der Waals surface area contributed by atoms with Crippen LogP contribution in [0.25, 0.3) is 0 Å². The van der Waals surface area contributed by atoms with Gasteiger partial charge in [-0.25, -0.2) is 0 Å². The van der Waals surface area contributed by atoms with E-state index in [2.05, 4.69) is 84.3 Å². The molecule has 11 heteroatoms. The van der Waals surface area contributed by atoms with Gasteiger partial charge in [-0.1, -0.05) is 96.6 Å². The van der Waals surface area contributed by atoms with Crippen molar-refractivity contribution in [3.8, 4) is 0 Å². The van der Waals surface area contributed by atoms with Crippen molar-refractivity contribution in [1.29, 1.82) is 0 Å². The number of likely N-dealkylation sites (tertiary alicyclic amines) is 2. The molecule has 0 amide bonds. The molecule has 1 saturated carbocycles. The SMILES string of the molecule is C=C/C(Cl)=C(N)\C(=C/CC)C(F)(F)F.CC(C)CCCC(CCCNCN1CCCCC1)C1CCN(C)CC1.CCC.CNCc1cc[nH]c1NC=C1CC1. The maximum atomic E-state index is 12.4. The molecule has 3 heterocycles. The highest BCUT2D eigenvalue weighted by Crippen LogP contribution is 2.33. The van der Waals surface area contributed by atoms with Crippen LogP contribution in [0.15, 0.2) is 59.1 Å². The quantitative estimate of drug-likeness (QED) is 0.0751. The zero-order valence-corrected chi connectivity index (χ0v) is 36.4. The first kappa shape index (κ1) is 50.8. The molecule has 318 valence electrons. The number of alkyl halides is 3. The Labute approximate surface area is 339 Å². The van der Waals surface area contributed by atoms with Gasteiger partial charge in [0.05, 0.1) is 16.3 Å². The summed E-state index contributed by atoms with van der Waals surface area (Å²) in [5, 5.41) is 9.94. The van der Waals surface area contributed by atoms with Crippen LogP contribution in [0, 0.1) is 17.8 Å². The zero-order valence-electron chi connectivity index (χ0n) is 35.7. The number of hydrogen-bond donors (Lipinski definition) is 5. The fourth-order valence-electron chi connectivity index (χ4n) is 6.83. The van der Waals surface area contributed by atoms with Gasteiger partial charge >= 0.3 is 6.18 Å². The smallest absolute Gasteiger partial charge is 0.397 e. The Hall–Kier alpha value is -2.24. The first-order chi connectivity index (χ1) is 26.3. The minimum atomic E-state index is -4.48. The van der Waals surface area contributed by atoms with Crippen molar-refractivity contribution < 1.29 is 13.2 Å². The van der Waals surface area contributed by atoms with Crippen LogP contribution in [0.1, 0.15) is 130 Å². The summed E-state index contributed by atoms with van der Waals surface area (Å²) < 4.78 is 37.1. The molecule has 1 aliphatic carbocycles. The molecule has 0 aromatic carbocycles. The summed E-state index contributed by atoms with van der Waals surface area (Å²) in [6.45, 7) is 22.3. The van der Waals surface area contributed by atoms with Gasteiger partial charge in [-0.2, -0.15) is 13.2 Å².